The first-order chi connectivity index (χ1) is 13.5. The maximum atomic E-state index is 11.0. The molecule has 29 heavy (non-hydrogen) atoms. The van der Waals surface area contributed by atoms with E-state index in [2.05, 4.69) is 25.9 Å². The molecule has 0 amide bonds. The van der Waals surface area contributed by atoms with Gasteiger partial charge in [0.1, 0.15) is 24.7 Å². The fraction of sp³-hybridized carbons (Fsp3) is 0.706. The Morgan fingerprint density at radius 3 is 2.17 bits per heavy atom. The summed E-state index contributed by atoms with van der Waals surface area (Å²) < 4.78 is 1.26. The maximum Gasteiger partial charge on any atom is 0.434 e. The largest absolute Gasteiger partial charge is 0.434 e. The minimum atomic E-state index is -0.857. The lowest BCUT2D eigenvalue weighted by Crippen LogP contribution is -2.54. The number of aliphatic hydroxyl groups excluding tert-OH is 1. The number of rotatable bonds is 12. The van der Waals surface area contributed by atoms with Gasteiger partial charge in [0.05, 0.1) is 22.9 Å². The van der Waals surface area contributed by atoms with Gasteiger partial charge in [-0.3, -0.25) is 0 Å². The normalized spacial score (nSPS) is 14.8. The van der Waals surface area contributed by atoms with Crippen molar-refractivity contribution in [1.82, 2.24) is 20.2 Å². The van der Waals surface area contributed by atoms with Crippen LogP contribution < -0.4 is 10.6 Å². The van der Waals surface area contributed by atoms with E-state index in [4.69, 9.17) is 5.21 Å². The Kier molecular flexibility index (Phi) is 8.67. The van der Waals surface area contributed by atoms with Crippen LogP contribution in [0.25, 0.3) is 0 Å². The number of imidazole rings is 1. The first kappa shape index (κ1) is 24.5. The Morgan fingerprint density at radius 1 is 1.21 bits per heavy atom. The van der Waals surface area contributed by atoms with E-state index >= 15 is 0 Å². The van der Waals surface area contributed by atoms with E-state index in [0.717, 1.165) is 0 Å². The second-order valence-corrected chi connectivity index (χ2v) is 7.72. The molecule has 0 aliphatic carbocycles. The van der Waals surface area contributed by atoms with Crippen molar-refractivity contribution >= 4 is 17.4 Å². The van der Waals surface area contributed by atoms with Crippen molar-refractivity contribution in [3.63, 3.8) is 0 Å². The van der Waals surface area contributed by atoms with Crippen LogP contribution >= 0.6 is 0 Å². The monoisotopic (exact) mass is 413 g/mol. The van der Waals surface area contributed by atoms with Crippen molar-refractivity contribution in [2.45, 2.75) is 64.8 Å². The Labute approximate surface area is 169 Å². The molecule has 0 bridgehead atoms. The molecule has 0 aliphatic rings. The van der Waals surface area contributed by atoms with Gasteiger partial charge in [-0.2, -0.15) is 0 Å². The Balaban J connectivity index is 2.68. The van der Waals surface area contributed by atoms with Crippen LogP contribution in [0.3, 0.4) is 0 Å². The first-order valence-corrected chi connectivity index (χ1v) is 9.25. The van der Waals surface area contributed by atoms with Crippen LogP contribution in [0.2, 0.25) is 0 Å². The molecule has 5 N–H and O–H groups in total. The minimum absolute atomic E-state index is 0.0407. The van der Waals surface area contributed by atoms with Crippen molar-refractivity contribution in [3.8, 4) is 0 Å². The van der Waals surface area contributed by atoms with E-state index in [-0.39, 0.29) is 31.3 Å². The number of oxime groups is 2. The number of aliphatic hydroxyl groups is 1. The van der Waals surface area contributed by atoms with Crippen molar-refractivity contribution in [2.75, 3.05) is 13.1 Å². The molecular formula is C17H31N7O5. The van der Waals surface area contributed by atoms with Gasteiger partial charge in [0.15, 0.2) is 0 Å². The van der Waals surface area contributed by atoms with Crippen LogP contribution in [0.5, 0.6) is 0 Å². The highest BCUT2D eigenvalue weighted by Gasteiger charge is 2.30. The van der Waals surface area contributed by atoms with Gasteiger partial charge in [-0.1, -0.05) is 22.2 Å². The van der Waals surface area contributed by atoms with Gasteiger partial charge in [-0.25, -0.2) is 4.57 Å². The van der Waals surface area contributed by atoms with Crippen LogP contribution in [0, 0.1) is 10.1 Å². The summed E-state index contributed by atoms with van der Waals surface area (Å²) in [6.45, 7) is 9.41. The standard InChI is InChI=1S/C17H31N7O5/c1-6-13(21-26)16(2,3)19-9-12(25)10-20-17(4,5)14(22-27)11-23-8-7-18-15(23)24(28)29/h7-8,12,19-20,25-27H,6,9-11H2,1-5H3/b21-13+,22-14-. The molecule has 0 radical (unpaired) electrons. The second kappa shape index (κ2) is 10.3. The third kappa shape index (κ3) is 6.76. The third-order valence-electron chi connectivity index (χ3n) is 4.76. The number of β-amino-alcohol motifs (C(OH)–C–C–N with tert-alkyl or cyclic N) is 1. The molecule has 0 spiro atoms. The summed E-state index contributed by atoms with van der Waals surface area (Å²) in [6, 6.07) is 0. The van der Waals surface area contributed by atoms with E-state index in [1.807, 2.05) is 20.8 Å². The lowest BCUT2D eigenvalue weighted by Gasteiger charge is -2.30. The SMILES string of the molecule is CC/C(=N\O)C(C)(C)NCC(O)CNC(C)(C)/C(Cn1ccnc1[N+](=O)[O-])=N\O. The van der Waals surface area contributed by atoms with Crippen LogP contribution in [0.4, 0.5) is 5.95 Å². The average molecular weight is 413 g/mol. The molecule has 1 aromatic heterocycles. The van der Waals surface area contributed by atoms with Crippen molar-refractivity contribution in [3.05, 3.63) is 22.5 Å². The van der Waals surface area contributed by atoms with E-state index < -0.39 is 22.1 Å². The van der Waals surface area contributed by atoms with Crippen LogP contribution in [0.1, 0.15) is 41.0 Å². The van der Waals surface area contributed by atoms with Crippen LogP contribution in [-0.4, -0.2) is 71.7 Å². The highest BCUT2D eigenvalue weighted by atomic mass is 16.6. The predicted octanol–water partition coefficient (Wildman–Crippen LogP) is 0.959. The number of hydrogen-bond acceptors (Lipinski definition) is 10. The van der Waals surface area contributed by atoms with E-state index in [1.165, 1.54) is 17.0 Å². The summed E-state index contributed by atoms with van der Waals surface area (Å²) >= 11 is 0. The molecule has 12 heteroatoms. The number of nitrogens with one attached hydrogen (secondary N) is 2. The summed E-state index contributed by atoms with van der Waals surface area (Å²) in [5, 5.41) is 52.6. The lowest BCUT2D eigenvalue weighted by atomic mass is 9.95. The molecule has 1 atom stereocenters. The zero-order valence-electron chi connectivity index (χ0n) is 17.5. The Hall–Kier alpha value is -2.57. The smallest absolute Gasteiger partial charge is 0.411 e. The summed E-state index contributed by atoms with van der Waals surface area (Å²) in [5.41, 5.74) is -0.642. The van der Waals surface area contributed by atoms with Gasteiger partial charge in [0.2, 0.25) is 0 Å². The van der Waals surface area contributed by atoms with Gasteiger partial charge in [0.25, 0.3) is 0 Å². The quantitative estimate of drug-likeness (QED) is 0.146. The molecule has 0 aliphatic heterocycles. The number of nitrogens with zero attached hydrogens (tertiary/aromatic N) is 5. The summed E-state index contributed by atoms with van der Waals surface area (Å²) in [4.78, 5) is 14.0. The molecule has 0 saturated carbocycles. The summed E-state index contributed by atoms with van der Waals surface area (Å²) in [6.07, 6.45) is 2.50. The minimum Gasteiger partial charge on any atom is -0.411 e. The van der Waals surface area contributed by atoms with Crippen LogP contribution in [0.15, 0.2) is 22.7 Å². The van der Waals surface area contributed by atoms with Gasteiger partial charge < -0.3 is 36.3 Å². The van der Waals surface area contributed by atoms with Crippen molar-refractivity contribution < 1.29 is 20.4 Å². The third-order valence-corrected chi connectivity index (χ3v) is 4.76. The zero-order chi connectivity index (χ0) is 22.2. The molecule has 1 heterocycles. The lowest BCUT2D eigenvalue weighted by molar-refractivity contribution is -0.396. The highest BCUT2D eigenvalue weighted by Crippen LogP contribution is 2.13. The molecule has 164 valence electrons. The molecule has 0 aromatic carbocycles. The van der Waals surface area contributed by atoms with Crippen molar-refractivity contribution in [1.29, 1.82) is 0 Å². The maximum absolute atomic E-state index is 11.0. The molecule has 1 unspecified atom stereocenters. The number of aromatic nitrogens is 2. The summed E-state index contributed by atoms with van der Waals surface area (Å²) in [5.74, 6) is -0.356. The van der Waals surface area contributed by atoms with E-state index in [1.54, 1.807) is 13.8 Å². The molecule has 0 fully saturated rings. The first-order valence-electron chi connectivity index (χ1n) is 9.25. The van der Waals surface area contributed by atoms with E-state index in [9.17, 15) is 20.4 Å². The fourth-order valence-corrected chi connectivity index (χ4v) is 2.77. The molecule has 0 saturated heterocycles. The molecule has 1 aromatic rings. The van der Waals surface area contributed by atoms with E-state index in [0.29, 0.717) is 12.1 Å². The highest BCUT2D eigenvalue weighted by molar-refractivity contribution is 5.92. The van der Waals surface area contributed by atoms with Crippen LogP contribution in [-0.2, 0) is 6.54 Å². The summed E-state index contributed by atoms with van der Waals surface area (Å²) in [7, 11) is 0. The van der Waals surface area contributed by atoms with Gasteiger partial charge in [-0.15, -0.1) is 0 Å². The topological polar surface area (TPSA) is 170 Å². The van der Waals surface area contributed by atoms with Gasteiger partial charge in [-0.05, 0) is 39.0 Å². The Bertz CT molecular complexity index is 742. The zero-order valence-corrected chi connectivity index (χ0v) is 17.5. The predicted molar refractivity (Wildman–Crippen MR) is 108 cm³/mol. The molecule has 1 rings (SSSR count). The number of nitro groups is 1. The van der Waals surface area contributed by atoms with Crippen molar-refractivity contribution in [2.24, 2.45) is 10.3 Å². The average Bonchev–Trinajstić information content (AvgIpc) is 3.12. The van der Waals surface area contributed by atoms with Gasteiger partial charge in [0, 0.05) is 13.1 Å². The molecule has 12 nitrogen and oxygen atoms in total. The molecular weight excluding hydrogens is 382 g/mol. The fourth-order valence-electron chi connectivity index (χ4n) is 2.77. The Morgan fingerprint density at radius 2 is 1.72 bits per heavy atom. The number of hydrogen-bond donors (Lipinski definition) is 5. The van der Waals surface area contributed by atoms with Gasteiger partial charge >= 0.3 is 5.95 Å². The second-order valence-electron chi connectivity index (χ2n) is 7.72.